The molecule has 0 radical (unpaired) electrons. The van der Waals surface area contributed by atoms with Gasteiger partial charge in [-0.25, -0.2) is 4.79 Å². The molecule has 0 N–H and O–H groups in total. The molecule has 3 aliphatic rings. The third-order valence-electron chi connectivity index (χ3n) is 6.22. The van der Waals surface area contributed by atoms with Gasteiger partial charge in [0.1, 0.15) is 5.60 Å². The zero-order chi connectivity index (χ0) is 19.8. The highest BCUT2D eigenvalue weighted by molar-refractivity contribution is 5.68. The highest BCUT2D eigenvalue weighted by atomic mass is 16.6. The molecule has 2 aliphatic heterocycles. The molecule has 0 spiro atoms. The predicted molar refractivity (Wildman–Crippen MR) is 103 cm³/mol. The number of hydrogen-bond donors (Lipinski definition) is 0. The number of carbonyl (C=O) groups excluding carboxylic acids is 1. The SMILES string of the molecule is CC1(OC(=O)N2CCC(c3noc(-c4ccnc(C5CCOC5)c4)n3)CC2)CC1. The summed E-state index contributed by atoms with van der Waals surface area (Å²) in [4.78, 5) is 23.2. The summed E-state index contributed by atoms with van der Waals surface area (Å²) in [5, 5.41) is 4.22. The molecule has 1 amide bonds. The molecule has 2 aromatic rings. The van der Waals surface area contributed by atoms with Gasteiger partial charge in [-0.15, -0.1) is 0 Å². The Bertz CT molecular complexity index is 880. The van der Waals surface area contributed by atoms with Crippen LogP contribution in [-0.2, 0) is 9.47 Å². The number of aromatic nitrogens is 3. The maximum atomic E-state index is 12.3. The lowest BCUT2D eigenvalue weighted by Crippen LogP contribution is -2.40. The number of nitrogens with zero attached hydrogens (tertiary/aromatic N) is 4. The first-order valence-corrected chi connectivity index (χ1v) is 10.5. The number of ether oxygens (including phenoxy) is 2. The van der Waals surface area contributed by atoms with E-state index in [2.05, 4.69) is 15.1 Å². The van der Waals surface area contributed by atoms with Crippen molar-refractivity contribution in [3.05, 3.63) is 29.8 Å². The van der Waals surface area contributed by atoms with Gasteiger partial charge < -0.3 is 18.9 Å². The average molecular weight is 398 g/mol. The Morgan fingerprint density at radius 2 is 2.07 bits per heavy atom. The van der Waals surface area contributed by atoms with Crippen LogP contribution in [0.25, 0.3) is 11.5 Å². The Balaban J connectivity index is 1.22. The third kappa shape index (κ3) is 3.99. The van der Waals surface area contributed by atoms with Gasteiger partial charge in [-0.2, -0.15) is 4.98 Å². The van der Waals surface area contributed by atoms with Gasteiger partial charge in [0.2, 0.25) is 0 Å². The highest BCUT2D eigenvalue weighted by Crippen LogP contribution is 2.39. The fourth-order valence-electron chi connectivity index (χ4n) is 3.96. The normalized spacial score (nSPS) is 23.9. The first-order valence-electron chi connectivity index (χ1n) is 10.5. The number of likely N-dealkylation sites (tertiary alicyclic amines) is 1. The summed E-state index contributed by atoms with van der Waals surface area (Å²) in [5.74, 6) is 1.76. The quantitative estimate of drug-likeness (QED) is 0.778. The molecule has 8 nitrogen and oxygen atoms in total. The van der Waals surface area contributed by atoms with Crippen molar-refractivity contribution in [2.45, 2.75) is 56.5 Å². The van der Waals surface area contributed by atoms with Crippen LogP contribution in [0, 0.1) is 0 Å². The molecule has 0 aromatic carbocycles. The van der Waals surface area contributed by atoms with E-state index in [1.54, 1.807) is 11.1 Å². The molecule has 1 atom stereocenters. The Morgan fingerprint density at radius 1 is 1.24 bits per heavy atom. The molecule has 8 heteroatoms. The lowest BCUT2D eigenvalue weighted by Gasteiger charge is -2.30. The molecule has 1 aliphatic carbocycles. The van der Waals surface area contributed by atoms with E-state index in [0.29, 0.717) is 37.3 Å². The molecule has 4 heterocycles. The number of rotatable bonds is 4. The van der Waals surface area contributed by atoms with Crippen molar-refractivity contribution < 1.29 is 18.8 Å². The lowest BCUT2D eigenvalue weighted by molar-refractivity contribution is 0.0518. The van der Waals surface area contributed by atoms with Gasteiger partial charge in [-0.05, 0) is 51.2 Å². The van der Waals surface area contributed by atoms with Crippen molar-refractivity contribution in [1.82, 2.24) is 20.0 Å². The maximum Gasteiger partial charge on any atom is 0.410 e. The van der Waals surface area contributed by atoms with Crippen LogP contribution in [0.5, 0.6) is 0 Å². The Kier molecular flexibility index (Phi) is 4.73. The fraction of sp³-hybridized carbons (Fsp3) is 0.619. The summed E-state index contributed by atoms with van der Waals surface area (Å²) in [6, 6.07) is 3.92. The second-order valence-electron chi connectivity index (χ2n) is 8.57. The van der Waals surface area contributed by atoms with Gasteiger partial charge in [0.05, 0.1) is 6.61 Å². The molecule has 154 valence electrons. The van der Waals surface area contributed by atoms with Crippen molar-refractivity contribution in [2.75, 3.05) is 26.3 Å². The number of carbonyl (C=O) groups is 1. The smallest absolute Gasteiger partial charge is 0.410 e. The van der Waals surface area contributed by atoms with Gasteiger partial charge in [0.25, 0.3) is 5.89 Å². The first kappa shape index (κ1) is 18.5. The van der Waals surface area contributed by atoms with Crippen molar-refractivity contribution in [2.24, 2.45) is 0 Å². The van der Waals surface area contributed by atoms with E-state index in [0.717, 1.165) is 50.0 Å². The van der Waals surface area contributed by atoms with Crippen LogP contribution in [0.1, 0.15) is 62.4 Å². The highest BCUT2D eigenvalue weighted by Gasteiger charge is 2.43. The second-order valence-corrected chi connectivity index (χ2v) is 8.57. The van der Waals surface area contributed by atoms with Crippen molar-refractivity contribution in [3.63, 3.8) is 0 Å². The van der Waals surface area contributed by atoms with E-state index < -0.39 is 0 Å². The number of amides is 1. The van der Waals surface area contributed by atoms with Crippen LogP contribution in [0.2, 0.25) is 0 Å². The maximum absolute atomic E-state index is 12.3. The molecule has 1 unspecified atom stereocenters. The topological polar surface area (TPSA) is 90.6 Å². The van der Waals surface area contributed by atoms with E-state index >= 15 is 0 Å². The molecule has 5 rings (SSSR count). The zero-order valence-corrected chi connectivity index (χ0v) is 16.7. The Hall–Kier alpha value is -2.48. The van der Waals surface area contributed by atoms with Crippen molar-refractivity contribution in [1.29, 1.82) is 0 Å². The van der Waals surface area contributed by atoms with Gasteiger partial charge in [0, 0.05) is 49.0 Å². The predicted octanol–water partition coefficient (Wildman–Crippen LogP) is 3.50. The summed E-state index contributed by atoms with van der Waals surface area (Å²) in [6.07, 6.45) is 6.13. The number of piperidine rings is 1. The minimum Gasteiger partial charge on any atom is -0.443 e. The van der Waals surface area contributed by atoms with E-state index in [1.165, 1.54) is 0 Å². The third-order valence-corrected chi connectivity index (χ3v) is 6.22. The van der Waals surface area contributed by atoms with E-state index in [-0.39, 0.29) is 17.6 Å². The van der Waals surface area contributed by atoms with Crippen molar-refractivity contribution >= 4 is 6.09 Å². The molecule has 2 aromatic heterocycles. The Labute approximate surface area is 169 Å². The second kappa shape index (κ2) is 7.40. The number of pyridine rings is 1. The molecule has 3 fully saturated rings. The van der Waals surface area contributed by atoms with Gasteiger partial charge in [-0.1, -0.05) is 5.16 Å². The fourth-order valence-corrected chi connectivity index (χ4v) is 3.96. The summed E-state index contributed by atoms with van der Waals surface area (Å²) in [6.45, 7) is 4.80. The minimum absolute atomic E-state index is 0.192. The van der Waals surface area contributed by atoms with Crippen LogP contribution >= 0.6 is 0 Å². The van der Waals surface area contributed by atoms with Gasteiger partial charge in [-0.3, -0.25) is 4.98 Å². The van der Waals surface area contributed by atoms with Gasteiger partial charge in [0.15, 0.2) is 5.82 Å². The van der Waals surface area contributed by atoms with Crippen LogP contribution in [0.4, 0.5) is 4.79 Å². The molecule has 29 heavy (non-hydrogen) atoms. The zero-order valence-electron chi connectivity index (χ0n) is 16.7. The molecule has 1 saturated carbocycles. The average Bonchev–Trinajstić information content (AvgIpc) is 3.18. The summed E-state index contributed by atoms with van der Waals surface area (Å²) in [7, 11) is 0. The molecular weight excluding hydrogens is 372 g/mol. The molecule has 2 saturated heterocycles. The largest absolute Gasteiger partial charge is 0.443 e. The number of hydrogen-bond acceptors (Lipinski definition) is 7. The Morgan fingerprint density at radius 3 is 2.79 bits per heavy atom. The van der Waals surface area contributed by atoms with Crippen LogP contribution < -0.4 is 0 Å². The van der Waals surface area contributed by atoms with Crippen LogP contribution in [0.15, 0.2) is 22.9 Å². The summed E-state index contributed by atoms with van der Waals surface area (Å²) >= 11 is 0. The van der Waals surface area contributed by atoms with Crippen LogP contribution in [-0.4, -0.2) is 58.0 Å². The van der Waals surface area contributed by atoms with E-state index in [9.17, 15) is 4.79 Å². The standard InChI is InChI=1S/C21H26N4O4/c1-21(6-7-21)28-20(26)25-9-3-14(4-10-25)18-23-19(29-24-18)15-2-8-22-17(12-15)16-5-11-27-13-16/h2,8,12,14,16H,3-7,9-11,13H2,1H3. The van der Waals surface area contributed by atoms with Crippen molar-refractivity contribution in [3.8, 4) is 11.5 Å². The minimum atomic E-state index is -0.232. The first-order chi connectivity index (χ1) is 14.1. The summed E-state index contributed by atoms with van der Waals surface area (Å²) in [5.41, 5.74) is 1.67. The summed E-state index contributed by atoms with van der Waals surface area (Å²) < 4.78 is 16.6. The molecule has 0 bridgehead atoms. The molecular formula is C21H26N4O4. The van der Waals surface area contributed by atoms with Crippen LogP contribution in [0.3, 0.4) is 0 Å². The monoisotopic (exact) mass is 398 g/mol. The lowest BCUT2D eigenvalue weighted by atomic mass is 9.96. The van der Waals surface area contributed by atoms with E-state index in [4.69, 9.17) is 14.0 Å². The van der Waals surface area contributed by atoms with E-state index in [1.807, 2.05) is 19.1 Å². The van der Waals surface area contributed by atoms with Gasteiger partial charge >= 0.3 is 6.09 Å².